The van der Waals surface area contributed by atoms with Crippen molar-refractivity contribution in [3.05, 3.63) is 41.5 Å². The molecule has 90 valence electrons. The van der Waals surface area contributed by atoms with Crippen LogP contribution in [0.1, 0.15) is 24.0 Å². The predicted octanol–water partition coefficient (Wildman–Crippen LogP) is 2.71. The van der Waals surface area contributed by atoms with Crippen molar-refractivity contribution in [2.24, 2.45) is 5.92 Å². The first-order chi connectivity index (χ1) is 8.24. The van der Waals surface area contributed by atoms with Gasteiger partial charge in [-0.2, -0.15) is 0 Å². The minimum Gasteiger partial charge on any atom is -0.478 e. The molecule has 0 amide bonds. The van der Waals surface area contributed by atoms with Crippen LogP contribution in [0.3, 0.4) is 0 Å². The third-order valence-corrected chi connectivity index (χ3v) is 2.69. The van der Waals surface area contributed by atoms with E-state index in [1.165, 1.54) is 12.8 Å². The number of carboxylic acids is 1. The van der Waals surface area contributed by atoms with Crippen LogP contribution in [-0.4, -0.2) is 17.7 Å². The van der Waals surface area contributed by atoms with E-state index in [1.54, 1.807) is 6.08 Å². The summed E-state index contributed by atoms with van der Waals surface area (Å²) in [7, 11) is 0. The molecule has 0 spiro atoms. The first-order valence-electron chi connectivity index (χ1n) is 5.82. The fourth-order valence-electron chi connectivity index (χ4n) is 1.58. The van der Waals surface area contributed by atoms with Gasteiger partial charge in [-0.15, -0.1) is 0 Å². The highest BCUT2D eigenvalue weighted by molar-refractivity contribution is 5.85. The van der Waals surface area contributed by atoms with Crippen molar-refractivity contribution in [3.8, 4) is 0 Å². The first-order valence-corrected chi connectivity index (χ1v) is 5.82. The van der Waals surface area contributed by atoms with Crippen LogP contribution in [0.15, 0.2) is 30.3 Å². The number of carboxylic acid groups (broad SMARTS) is 1. The van der Waals surface area contributed by atoms with Gasteiger partial charge in [-0.25, -0.2) is 4.79 Å². The largest absolute Gasteiger partial charge is 0.478 e. The zero-order valence-corrected chi connectivity index (χ0v) is 9.63. The smallest absolute Gasteiger partial charge is 0.328 e. The Hall–Kier alpha value is -1.61. The van der Waals surface area contributed by atoms with Gasteiger partial charge in [0, 0.05) is 12.7 Å². The number of hydrogen-bond acceptors (Lipinski definition) is 2. The van der Waals surface area contributed by atoms with Crippen LogP contribution in [-0.2, 0) is 16.1 Å². The summed E-state index contributed by atoms with van der Waals surface area (Å²) >= 11 is 0. The molecule has 1 fully saturated rings. The average molecular weight is 232 g/mol. The van der Waals surface area contributed by atoms with Gasteiger partial charge in [-0.3, -0.25) is 0 Å². The van der Waals surface area contributed by atoms with Crippen LogP contribution in [0.5, 0.6) is 0 Å². The minimum atomic E-state index is -0.930. The summed E-state index contributed by atoms with van der Waals surface area (Å²) < 4.78 is 5.58. The molecular weight excluding hydrogens is 216 g/mol. The Balaban J connectivity index is 1.88. The lowest BCUT2D eigenvalue weighted by Crippen LogP contribution is -1.97. The second-order valence-corrected chi connectivity index (χ2v) is 4.38. The summed E-state index contributed by atoms with van der Waals surface area (Å²) in [5.74, 6) is -0.162. The molecule has 2 rings (SSSR count). The number of aliphatic carboxylic acids is 1. The van der Waals surface area contributed by atoms with Crippen molar-refractivity contribution in [2.45, 2.75) is 19.4 Å². The summed E-state index contributed by atoms with van der Waals surface area (Å²) in [6.07, 6.45) is 5.32. The standard InChI is InChI=1S/C14H16O3/c15-14(16)7-6-11-2-1-3-13(8-11)10-17-9-12-4-5-12/h1-3,6-8,12H,4-5,9-10H2,(H,15,16). The molecule has 3 nitrogen and oxygen atoms in total. The van der Waals surface area contributed by atoms with Crippen molar-refractivity contribution in [3.63, 3.8) is 0 Å². The first kappa shape index (κ1) is 11.9. The maximum atomic E-state index is 10.4. The molecule has 17 heavy (non-hydrogen) atoms. The molecule has 1 saturated carbocycles. The van der Waals surface area contributed by atoms with E-state index in [0.717, 1.165) is 29.7 Å². The quantitative estimate of drug-likeness (QED) is 0.767. The highest BCUT2D eigenvalue weighted by Gasteiger charge is 2.20. The summed E-state index contributed by atoms with van der Waals surface area (Å²) in [5, 5.41) is 8.54. The van der Waals surface area contributed by atoms with E-state index >= 15 is 0 Å². The van der Waals surface area contributed by atoms with Crippen LogP contribution < -0.4 is 0 Å². The molecule has 0 heterocycles. The normalized spacial score (nSPS) is 15.3. The SMILES string of the molecule is O=C(O)C=Cc1cccc(COCC2CC2)c1. The van der Waals surface area contributed by atoms with E-state index in [-0.39, 0.29) is 0 Å². The summed E-state index contributed by atoms with van der Waals surface area (Å²) in [6, 6.07) is 7.73. The van der Waals surface area contributed by atoms with E-state index in [4.69, 9.17) is 9.84 Å². The lowest BCUT2D eigenvalue weighted by atomic mass is 10.1. The van der Waals surface area contributed by atoms with E-state index < -0.39 is 5.97 Å². The molecule has 1 aliphatic rings. The fourth-order valence-corrected chi connectivity index (χ4v) is 1.58. The lowest BCUT2D eigenvalue weighted by molar-refractivity contribution is -0.131. The van der Waals surface area contributed by atoms with Gasteiger partial charge in [0.15, 0.2) is 0 Å². The van der Waals surface area contributed by atoms with Crippen LogP contribution >= 0.6 is 0 Å². The molecule has 1 aromatic rings. The van der Waals surface area contributed by atoms with Gasteiger partial charge in [-0.05, 0) is 42.0 Å². The molecule has 0 unspecified atom stereocenters. The van der Waals surface area contributed by atoms with Crippen molar-refractivity contribution in [1.82, 2.24) is 0 Å². The molecule has 3 heteroatoms. The molecule has 0 aromatic heterocycles. The molecule has 0 bridgehead atoms. The Bertz CT molecular complexity index is 419. The second kappa shape index (κ2) is 5.64. The Labute approximate surface area is 101 Å². The molecular formula is C14H16O3. The summed E-state index contributed by atoms with van der Waals surface area (Å²) in [4.78, 5) is 10.4. The van der Waals surface area contributed by atoms with Gasteiger partial charge in [0.05, 0.1) is 6.61 Å². The van der Waals surface area contributed by atoms with Crippen LogP contribution in [0, 0.1) is 5.92 Å². The van der Waals surface area contributed by atoms with Gasteiger partial charge in [0.2, 0.25) is 0 Å². The second-order valence-electron chi connectivity index (χ2n) is 4.38. The number of hydrogen-bond donors (Lipinski definition) is 1. The molecule has 1 N–H and O–H groups in total. The van der Waals surface area contributed by atoms with E-state index in [0.29, 0.717) is 6.61 Å². The predicted molar refractivity (Wildman–Crippen MR) is 65.5 cm³/mol. The van der Waals surface area contributed by atoms with Gasteiger partial charge >= 0.3 is 5.97 Å². The van der Waals surface area contributed by atoms with E-state index in [2.05, 4.69) is 0 Å². The van der Waals surface area contributed by atoms with Crippen LogP contribution in [0.25, 0.3) is 6.08 Å². The van der Waals surface area contributed by atoms with Crippen molar-refractivity contribution < 1.29 is 14.6 Å². The Morgan fingerprint density at radius 3 is 3.00 bits per heavy atom. The van der Waals surface area contributed by atoms with Gasteiger partial charge < -0.3 is 9.84 Å². The zero-order chi connectivity index (χ0) is 12.1. The lowest BCUT2D eigenvalue weighted by Gasteiger charge is -2.04. The fraction of sp³-hybridized carbons (Fsp3) is 0.357. The number of benzene rings is 1. The van der Waals surface area contributed by atoms with Crippen LogP contribution in [0.4, 0.5) is 0 Å². The maximum absolute atomic E-state index is 10.4. The Morgan fingerprint density at radius 2 is 2.29 bits per heavy atom. The molecule has 0 aliphatic heterocycles. The highest BCUT2D eigenvalue weighted by atomic mass is 16.5. The van der Waals surface area contributed by atoms with Gasteiger partial charge in [0.1, 0.15) is 0 Å². The van der Waals surface area contributed by atoms with Gasteiger partial charge in [0.25, 0.3) is 0 Å². The maximum Gasteiger partial charge on any atom is 0.328 e. The van der Waals surface area contributed by atoms with Gasteiger partial charge in [-0.1, -0.05) is 18.2 Å². The monoisotopic (exact) mass is 232 g/mol. The molecule has 1 aliphatic carbocycles. The number of rotatable bonds is 6. The third kappa shape index (κ3) is 4.41. The molecule has 1 aromatic carbocycles. The number of ether oxygens (including phenoxy) is 1. The van der Waals surface area contributed by atoms with Crippen molar-refractivity contribution in [1.29, 1.82) is 0 Å². The Kier molecular flexibility index (Phi) is 3.94. The van der Waals surface area contributed by atoms with E-state index in [1.807, 2.05) is 24.3 Å². The highest BCUT2D eigenvalue weighted by Crippen LogP contribution is 2.29. The number of carbonyl (C=O) groups is 1. The van der Waals surface area contributed by atoms with E-state index in [9.17, 15) is 4.79 Å². The van der Waals surface area contributed by atoms with Crippen molar-refractivity contribution >= 4 is 12.0 Å². The molecule has 0 saturated heterocycles. The average Bonchev–Trinajstić information content (AvgIpc) is 3.11. The van der Waals surface area contributed by atoms with Crippen LogP contribution in [0.2, 0.25) is 0 Å². The third-order valence-electron chi connectivity index (χ3n) is 2.69. The van der Waals surface area contributed by atoms with Crippen molar-refractivity contribution in [2.75, 3.05) is 6.61 Å². The molecule has 0 atom stereocenters. The molecule has 0 radical (unpaired) electrons. The zero-order valence-electron chi connectivity index (χ0n) is 9.63. The summed E-state index contributed by atoms with van der Waals surface area (Å²) in [6.45, 7) is 1.44. The topological polar surface area (TPSA) is 46.5 Å². The summed E-state index contributed by atoms with van der Waals surface area (Å²) in [5.41, 5.74) is 1.97. The minimum absolute atomic E-state index is 0.602. The Morgan fingerprint density at radius 1 is 1.47 bits per heavy atom.